The van der Waals surface area contributed by atoms with E-state index in [4.69, 9.17) is 4.74 Å². The van der Waals surface area contributed by atoms with Crippen molar-refractivity contribution in [3.05, 3.63) is 23.8 Å². The minimum atomic E-state index is -0.882. The molecule has 1 aromatic rings. The van der Waals surface area contributed by atoms with Gasteiger partial charge in [0.25, 0.3) is 0 Å². The molecular formula is C14H19NO3S. The van der Waals surface area contributed by atoms with E-state index in [0.717, 1.165) is 24.5 Å². The average molecular weight is 281 g/mol. The highest BCUT2D eigenvalue weighted by Gasteiger charge is 2.24. The van der Waals surface area contributed by atoms with Gasteiger partial charge in [0.2, 0.25) is 0 Å². The van der Waals surface area contributed by atoms with E-state index < -0.39 is 5.97 Å². The maximum absolute atomic E-state index is 11.4. The van der Waals surface area contributed by atoms with Crippen LogP contribution >= 0.6 is 11.8 Å². The second-order valence-electron chi connectivity index (χ2n) is 4.78. The molecule has 0 spiro atoms. The zero-order chi connectivity index (χ0) is 13.8. The first-order chi connectivity index (χ1) is 9.13. The van der Waals surface area contributed by atoms with Gasteiger partial charge < -0.3 is 15.2 Å². The minimum Gasteiger partial charge on any atom is -0.478 e. The molecule has 0 amide bonds. The molecule has 1 fully saturated rings. The summed E-state index contributed by atoms with van der Waals surface area (Å²) in [5, 5.41) is 12.8. The van der Waals surface area contributed by atoms with Crippen LogP contribution in [0, 0.1) is 5.92 Å². The quantitative estimate of drug-likeness (QED) is 0.831. The van der Waals surface area contributed by atoms with E-state index in [2.05, 4.69) is 12.2 Å². The number of benzene rings is 1. The summed E-state index contributed by atoms with van der Waals surface area (Å²) < 4.78 is 5.41. The fraction of sp³-hybridized carbons (Fsp3) is 0.500. The Kier molecular flexibility index (Phi) is 4.71. The van der Waals surface area contributed by atoms with E-state index in [1.165, 1.54) is 11.8 Å². The Morgan fingerprint density at radius 1 is 1.53 bits per heavy atom. The molecule has 0 radical (unpaired) electrons. The number of thioether (sulfide) groups is 1. The third-order valence-corrected chi connectivity index (χ3v) is 4.22. The van der Waals surface area contributed by atoms with Crippen molar-refractivity contribution < 1.29 is 14.6 Å². The van der Waals surface area contributed by atoms with Crippen molar-refractivity contribution in [1.29, 1.82) is 0 Å². The van der Waals surface area contributed by atoms with Gasteiger partial charge in [-0.2, -0.15) is 0 Å². The molecule has 1 saturated heterocycles. The normalized spacial score (nSPS) is 23.1. The van der Waals surface area contributed by atoms with Gasteiger partial charge in [-0.15, -0.1) is 11.8 Å². The number of hydrogen-bond donors (Lipinski definition) is 2. The number of carboxylic acid groups (broad SMARTS) is 1. The third-order valence-electron chi connectivity index (χ3n) is 3.44. The smallest absolute Gasteiger partial charge is 0.338 e. The van der Waals surface area contributed by atoms with Crippen molar-refractivity contribution in [1.82, 2.24) is 0 Å². The van der Waals surface area contributed by atoms with E-state index in [-0.39, 0.29) is 6.04 Å². The van der Waals surface area contributed by atoms with Gasteiger partial charge in [0, 0.05) is 17.5 Å². The maximum atomic E-state index is 11.4. The predicted octanol–water partition coefficient (Wildman–Crippen LogP) is 2.94. The number of rotatable bonds is 4. The predicted molar refractivity (Wildman–Crippen MR) is 77.2 cm³/mol. The topological polar surface area (TPSA) is 58.6 Å². The zero-order valence-corrected chi connectivity index (χ0v) is 12.0. The highest BCUT2D eigenvalue weighted by atomic mass is 32.2. The Balaban J connectivity index is 2.26. The molecule has 2 rings (SSSR count). The standard InChI is InChI=1S/C14H19NO3S/c1-9-8-18-7-6-10(9)15-11-4-3-5-12(19-2)13(11)14(16)17/h3-5,9-10,15H,6-8H2,1-2H3,(H,16,17). The largest absolute Gasteiger partial charge is 0.478 e. The van der Waals surface area contributed by atoms with Gasteiger partial charge in [0.05, 0.1) is 17.9 Å². The van der Waals surface area contributed by atoms with Gasteiger partial charge in [-0.1, -0.05) is 13.0 Å². The maximum Gasteiger partial charge on any atom is 0.338 e. The SMILES string of the molecule is CSc1cccc(NC2CCOCC2C)c1C(=O)O. The molecule has 2 atom stereocenters. The molecule has 0 bridgehead atoms. The number of nitrogens with one attached hydrogen (secondary N) is 1. The van der Waals surface area contributed by atoms with Gasteiger partial charge in [-0.25, -0.2) is 4.79 Å². The van der Waals surface area contributed by atoms with Crippen LogP contribution in [-0.4, -0.2) is 36.6 Å². The van der Waals surface area contributed by atoms with Crippen LogP contribution < -0.4 is 5.32 Å². The summed E-state index contributed by atoms with van der Waals surface area (Å²) >= 11 is 1.46. The summed E-state index contributed by atoms with van der Waals surface area (Å²) in [4.78, 5) is 12.2. The number of anilines is 1. The molecule has 19 heavy (non-hydrogen) atoms. The van der Waals surface area contributed by atoms with E-state index in [9.17, 15) is 9.90 Å². The molecule has 0 saturated carbocycles. The molecule has 1 aliphatic heterocycles. The van der Waals surface area contributed by atoms with Gasteiger partial charge in [0.1, 0.15) is 0 Å². The summed E-state index contributed by atoms with van der Waals surface area (Å²) in [6.07, 6.45) is 2.80. The van der Waals surface area contributed by atoms with Crippen molar-refractivity contribution in [3.8, 4) is 0 Å². The van der Waals surface area contributed by atoms with Crippen molar-refractivity contribution in [2.24, 2.45) is 5.92 Å². The fourth-order valence-electron chi connectivity index (χ4n) is 2.34. The number of carboxylic acids is 1. The molecule has 2 N–H and O–H groups in total. The van der Waals surface area contributed by atoms with E-state index in [1.807, 2.05) is 24.5 Å². The molecule has 0 aromatic heterocycles. The lowest BCUT2D eigenvalue weighted by Crippen LogP contribution is -2.36. The summed E-state index contributed by atoms with van der Waals surface area (Å²) in [5.41, 5.74) is 1.08. The minimum absolute atomic E-state index is 0.268. The van der Waals surface area contributed by atoms with Crippen molar-refractivity contribution in [2.75, 3.05) is 24.8 Å². The van der Waals surface area contributed by atoms with Crippen molar-refractivity contribution in [3.63, 3.8) is 0 Å². The Morgan fingerprint density at radius 3 is 2.95 bits per heavy atom. The Labute approximate surface area is 117 Å². The van der Waals surface area contributed by atoms with Crippen molar-refractivity contribution >= 4 is 23.4 Å². The van der Waals surface area contributed by atoms with Gasteiger partial charge >= 0.3 is 5.97 Å². The summed E-state index contributed by atoms with van der Waals surface area (Å²) in [5.74, 6) is -0.500. The summed E-state index contributed by atoms with van der Waals surface area (Å²) in [7, 11) is 0. The number of carbonyl (C=O) groups is 1. The Hall–Kier alpha value is -1.20. The molecule has 1 heterocycles. The lowest BCUT2D eigenvalue weighted by atomic mass is 9.97. The summed E-state index contributed by atoms with van der Waals surface area (Å²) in [6, 6.07) is 5.84. The molecule has 1 aliphatic rings. The van der Waals surface area contributed by atoms with Crippen molar-refractivity contribution in [2.45, 2.75) is 24.3 Å². The number of ether oxygens (including phenoxy) is 1. The summed E-state index contributed by atoms with van der Waals surface area (Å²) in [6.45, 7) is 3.57. The monoisotopic (exact) mass is 281 g/mol. The van der Waals surface area contributed by atoms with E-state index in [0.29, 0.717) is 17.2 Å². The second kappa shape index (κ2) is 6.30. The number of hydrogen-bond acceptors (Lipinski definition) is 4. The molecule has 1 aromatic carbocycles. The first-order valence-corrected chi connectivity index (χ1v) is 7.60. The molecule has 104 valence electrons. The van der Waals surface area contributed by atoms with Crippen LogP contribution in [0.15, 0.2) is 23.1 Å². The van der Waals surface area contributed by atoms with Crippen LogP contribution in [0.2, 0.25) is 0 Å². The van der Waals surface area contributed by atoms with Crippen LogP contribution in [0.5, 0.6) is 0 Å². The highest BCUT2D eigenvalue weighted by Crippen LogP contribution is 2.29. The first-order valence-electron chi connectivity index (χ1n) is 6.38. The lowest BCUT2D eigenvalue weighted by Gasteiger charge is -2.31. The Bertz CT molecular complexity index is 464. The molecule has 4 nitrogen and oxygen atoms in total. The second-order valence-corrected chi connectivity index (χ2v) is 5.63. The molecular weight excluding hydrogens is 262 g/mol. The van der Waals surface area contributed by atoms with Crippen LogP contribution in [0.25, 0.3) is 0 Å². The van der Waals surface area contributed by atoms with E-state index in [1.54, 1.807) is 0 Å². The first kappa shape index (κ1) is 14.2. The zero-order valence-electron chi connectivity index (χ0n) is 11.2. The third kappa shape index (κ3) is 3.22. The van der Waals surface area contributed by atoms with Crippen LogP contribution in [-0.2, 0) is 4.74 Å². The average Bonchev–Trinajstić information content (AvgIpc) is 2.40. The fourth-order valence-corrected chi connectivity index (χ4v) is 2.95. The van der Waals surface area contributed by atoms with Gasteiger partial charge in [-0.05, 0) is 30.7 Å². The van der Waals surface area contributed by atoms with Crippen LogP contribution in [0.3, 0.4) is 0 Å². The molecule has 5 heteroatoms. The van der Waals surface area contributed by atoms with E-state index >= 15 is 0 Å². The van der Waals surface area contributed by atoms with Crippen LogP contribution in [0.1, 0.15) is 23.7 Å². The number of aromatic carboxylic acids is 1. The Morgan fingerprint density at radius 2 is 2.32 bits per heavy atom. The molecule has 0 aliphatic carbocycles. The molecule has 2 unspecified atom stereocenters. The van der Waals surface area contributed by atoms with Crippen LogP contribution in [0.4, 0.5) is 5.69 Å². The highest BCUT2D eigenvalue weighted by molar-refractivity contribution is 7.98. The van der Waals surface area contributed by atoms with Gasteiger partial charge in [-0.3, -0.25) is 0 Å². The van der Waals surface area contributed by atoms with Gasteiger partial charge in [0.15, 0.2) is 0 Å². The lowest BCUT2D eigenvalue weighted by molar-refractivity contribution is 0.0537.